The highest BCUT2D eigenvalue weighted by Crippen LogP contribution is 2.10. The van der Waals surface area contributed by atoms with Crippen LogP contribution in [0.3, 0.4) is 0 Å². The first kappa shape index (κ1) is 13.5. The van der Waals surface area contributed by atoms with Crippen molar-refractivity contribution in [2.24, 2.45) is 5.73 Å². The molecule has 0 fully saturated rings. The molecule has 3 nitrogen and oxygen atoms in total. The highest BCUT2D eigenvalue weighted by Gasteiger charge is 2.05. The molecule has 1 atom stereocenters. The Hall–Kier alpha value is -1.94. The number of benzene rings is 1. The summed E-state index contributed by atoms with van der Waals surface area (Å²) in [5, 5.41) is 3.36. The maximum Gasteiger partial charge on any atom is 0.126 e. The van der Waals surface area contributed by atoms with Gasteiger partial charge in [0.1, 0.15) is 10.8 Å². The molecule has 2 aromatic rings. The standard InChI is InChI=1S/C15H17N3S/c1-11(10-12-6-3-2-4-7-12)17-14-9-5-8-13(18-14)15(16)19/h2-9,11H,10H2,1H3,(H2,16,19)(H,17,18). The fourth-order valence-corrected chi connectivity index (χ4v) is 2.04. The number of hydrogen-bond acceptors (Lipinski definition) is 3. The fraction of sp³-hybridized carbons (Fsp3) is 0.200. The van der Waals surface area contributed by atoms with E-state index in [2.05, 4.69) is 29.4 Å². The molecule has 1 aromatic heterocycles. The SMILES string of the molecule is CC(Cc1ccccc1)Nc1cccc(C(N)=S)n1. The number of thiocarbonyl (C=S) groups is 1. The van der Waals surface area contributed by atoms with Gasteiger partial charge in [-0.15, -0.1) is 0 Å². The number of nitrogens with two attached hydrogens (primary N) is 1. The molecule has 0 spiro atoms. The Bertz CT molecular complexity index is 554. The average Bonchev–Trinajstić information content (AvgIpc) is 2.40. The highest BCUT2D eigenvalue weighted by molar-refractivity contribution is 7.80. The quantitative estimate of drug-likeness (QED) is 0.821. The number of pyridine rings is 1. The van der Waals surface area contributed by atoms with Crippen molar-refractivity contribution in [2.45, 2.75) is 19.4 Å². The zero-order valence-electron chi connectivity index (χ0n) is 10.8. The van der Waals surface area contributed by atoms with Crippen LogP contribution >= 0.6 is 12.2 Å². The Balaban J connectivity index is 2.01. The smallest absolute Gasteiger partial charge is 0.126 e. The summed E-state index contributed by atoms with van der Waals surface area (Å²) >= 11 is 4.93. The van der Waals surface area contributed by atoms with Crippen LogP contribution in [0.4, 0.5) is 5.82 Å². The minimum Gasteiger partial charge on any atom is -0.388 e. The van der Waals surface area contributed by atoms with Crippen molar-refractivity contribution in [3.8, 4) is 0 Å². The number of anilines is 1. The predicted molar refractivity (Wildman–Crippen MR) is 83.4 cm³/mol. The average molecular weight is 271 g/mol. The van der Waals surface area contributed by atoms with Crippen molar-refractivity contribution >= 4 is 23.0 Å². The van der Waals surface area contributed by atoms with Gasteiger partial charge in [0.2, 0.25) is 0 Å². The number of rotatable bonds is 5. The molecule has 0 saturated heterocycles. The third kappa shape index (κ3) is 4.03. The second kappa shape index (κ2) is 6.29. The second-order valence-corrected chi connectivity index (χ2v) is 4.95. The van der Waals surface area contributed by atoms with Crippen molar-refractivity contribution in [1.29, 1.82) is 0 Å². The summed E-state index contributed by atoms with van der Waals surface area (Å²) in [6.07, 6.45) is 0.944. The van der Waals surface area contributed by atoms with Gasteiger partial charge in [-0.3, -0.25) is 0 Å². The van der Waals surface area contributed by atoms with E-state index in [0.717, 1.165) is 12.2 Å². The van der Waals surface area contributed by atoms with Crippen LogP contribution in [0.5, 0.6) is 0 Å². The molecule has 2 rings (SSSR count). The molecule has 98 valence electrons. The van der Waals surface area contributed by atoms with Gasteiger partial charge in [0, 0.05) is 6.04 Å². The van der Waals surface area contributed by atoms with Gasteiger partial charge in [-0.05, 0) is 31.0 Å². The molecule has 1 heterocycles. The van der Waals surface area contributed by atoms with Crippen LogP contribution in [0.25, 0.3) is 0 Å². The van der Waals surface area contributed by atoms with Gasteiger partial charge in [-0.1, -0.05) is 48.6 Å². The Morgan fingerprint density at radius 1 is 1.21 bits per heavy atom. The molecule has 0 bridgehead atoms. The molecular weight excluding hydrogens is 254 g/mol. The maximum atomic E-state index is 5.58. The van der Waals surface area contributed by atoms with Crippen LogP contribution in [0, 0.1) is 0 Å². The van der Waals surface area contributed by atoms with Crippen LogP contribution < -0.4 is 11.1 Å². The lowest BCUT2D eigenvalue weighted by Gasteiger charge is -2.15. The van der Waals surface area contributed by atoms with Gasteiger partial charge in [0.05, 0.1) is 5.69 Å². The first-order valence-electron chi connectivity index (χ1n) is 6.22. The number of nitrogens with one attached hydrogen (secondary N) is 1. The molecule has 1 aromatic carbocycles. The summed E-state index contributed by atoms with van der Waals surface area (Å²) in [6.45, 7) is 2.13. The lowest BCUT2D eigenvalue weighted by Crippen LogP contribution is -2.20. The monoisotopic (exact) mass is 271 g/mol. The molecule has 4 heteroatoms. The molecule has 1 unspecified atom stereocenters. The topological polar surface area (TPSA) is 50.9 Å². The van der Waals surface area contributed by atoms with E-state index in [-0.39, 0.29) is 6.04 Å². The minimum atomic E-state index is 0.288. The molecule has 0 amide bonds. The van der Waals surface area contributed by atoms with Crippen LogP contribution in [0.2, 0.25) is 0 Å². The molecule has 0 aliphatic heterocycles. The normalized spacial score (nSPS) is 11.8. The fourth-order valence-electron chi connectivity index (χ4n) is 1.92. The highest BCUT2D eigenvalue weighted by atomic mass is 32.1. The Labute approximate surface area is 118 Å². The molecule has 0 aliphatic carbocycles. The lowest BCUT2D eigenvalue weighted by atomic mass is 10.1. The van der Waals surface area contributed by atoms with Crippen molar-refractivity contribution < 1.29 is 0 Å². The summed E-state index contributed by atoms with van der Waals surface area (Å²) in [7, 11) is 0. The summed E-state index contributed by atoms with van der Waals surface area (Å²) < 4.78 is 0. The first-order valence-corrected chi connectivity index (χ1v) is 6.63. The molecule has 3 N–H and O–H groups in total. The summed E-state index contributed by atoms with van der Waals surface area (Å²) in [6, 6.07) is 16.3. The third-order valence-electron chi connectivity index (χ3n) is 2.78. The van der Waals surface area contributed by atoms with E-state index in [4.69, 9.17) is 18.0 Å². The number of aromatic nitrogens is 1. The van der Waals surface area contributed by atoms with Gasteiger partial charge >= 0.3 is 0 Å². The van der Waals surface area contributed by atoms with Gasteiger partial charge in [-0.2, -0.15) is 0 Å². The van der Waals surface area contributed by atoms with Crippen molar-refractivity contribution in [2.75, 3.05) is 5.32 Å². The molecule has 0 saturated carbocycles. The van der Waals surface area contributed by atoms with Gasteiger partial charge in [-0.25, -0.2) is 4.98 Å². The van der Waals surface area contributed by atoms with Crippen LogP contribution in [-0.4, -0.2) is 16.0 Å². The predicted octanol–water partition coefficient (Wildman–Crippen LogP) is 2.76. The van der Waals surface area contributed by atoms with E-state index in [1.807, 2.05) is 36.4 Å². The van der Waals surface area contributed by atoms with Crippen molar-refractivity contribution in [1.82, 2.24) is 4.98 Å². The van der Waals surface area contributed by atoms with E-state index in [1.165, 1.54) is 5.56 Å². The zero-order chi connectivity index (χ0) is 13.7. The first-order chi connectivity index (χ1) is 9.15. The van der Waals surface area contributed by atoms with Gasteiger partial charge < -0.3 is 11.1 Å². The molecular formula is C15H17N3S. The molecule has 19 heavy (non-hydrogen) atoms. The van der Waals surface area contributed by atoms with E-state index in [9.17, 15) is 0 Å². The van der Waals surface area contributed by atoms with E-state index >= 15 is 0 Å². The van der Waals surface area contributed by atoms with E-state index in [0.29, 0.717) is 10.7 Å². The minimum absolute atomic E-state index is 0.288. The van der Waals surface area contributed by atoms with E-state index in [1.54, 1.807) is 0 Å². The van der Waals surface area contributed by atoms with Crippen LogP contribution in [-0.2, 0) is 6.42 Å². The van der Waals surface area contributed by atoms with Gasteiger partial charge in [0.15, 0.2) is 0 Å². The maximum absolute atomic E-state index is 5.58. The van der Waals surface area contributed by atoms with E-state index < -0.39 is 0 Å². The molecule has 0 aliphatic rings. The van der Waals surface area contributed by atoms with Crippen molar-refractivity contribution in [3.05, 3.63) is 59.8 Å². The Kier molecular flexibility index (Phi) is 4.47. The Morgan fingerprint density at radius 3 is 2.63 bits per heavy atom. The number of nitrogens with zero attached hydrogens (tertiary/aromatic N) is 1. The third-order valence-corrected chi connectivity index (χ3v) is 2.99. The zero-order valence-corrected chi connectivity index (χ0v) is 11.7. The van der Waals surface area contributed by atoms with Crippen LogP contribution in [0.15, 0.2) is 48.5 Å². The summed E-state index contributed by atoms with van der Waals surface area (Å²) in [4.78, 5) is 4.70. The largest absolute Gasteiger partial charge is 0.388 e. The van der Waals surface area contributed by atoms with Crippen molar-refractivity contribution in [3.63, 3.8) is 0 Å². The second-order valence-electron chi connectivity index (χ2n) is 4.51. The Morgan fingerprint density at radius 2 is 1.95 bits per heavy atom. The number of hydrogen-bond donors (Lipinski definition) is 2. The van der Waals surface area contributed by atoms with Crippen LogP contribution in [0.1, 0.15) is 18.2 Å². The summed E-state index contributed by atoms with van der Waals surface area (Å²) in [5.74, 6) is 0.800. The molecule has 0 radical (unpaired) electrons. The summed E-state index contributed by atoms with van der Waals surface area (Å²) in [5.41, 5.74) is 7.52. The van der Waals surface area contributed by atoms with Gasteiger partial charge in [0.25, 0.3) is 0 Å². The lowest BCUT2D eigenvalue weighted by molar-refractivity contribution is 0.784.